The molecule has 0 saturated heterocycles. The van der Waals surface area contributed by atoms with Crippen LogP contribution in [0, 0.1) is 6.92 Å². The maximum atomic E-state index is 11.7. The van der Waals surface area contributed by atoms with Crippen molar-refractivity contribution >= 4 is 5.78 Å². The third-order valence-corrected chi connectivity index (χ3v) is 2.57. The van der Waals surface area contributed by atoms with E-state index in [1.165, 1.54) is 6.92 Å². The maximum absolute atomic E-state index is 11.7. The second-order valence-electron chi connectivity index (χ2n) is 4.22. The molecule has 0 saturated carbocycles. The van der Waals surface area contributed by atoms with Gasteiger partial charge < -0.3 is 15.4 Å². The first kappa shape index (κ1) is 12.9. The quantitative estimate of drug-likeness (QED) is 0.784. The third-order valence-electron chi connectivity index (χ3n) is 2.57. The lowest BCUT2D eigenvalue weighted by Gasteiger charge is -2.27. The summed E-state index contributed by atoms with van der Waals surface area (Å²) in [5.74, 6) is 0.399. The number of aliphatic hydroxyl groups excluding tert-OH is 1. The number of aryl methyl sites for hydroxylation is 1. The molecule has 1 heterocycles. The zero-order chi connectivity index (χ0) is 12.3. The van der Waals surface area contributed by atoms with Crippen molar-refractivity contribution < 1.29 is 14.4 Å². The second kappa shape index (κ2) is 4.76. The molecule has 1 rings (SSSR count). The number of nitrogens with zero attached hydrogens (tertiary/aromatic N) is 1. The number of aliphatic hydroxyl groups is 1. The molecule has 0 spiro atoms. The number of carbonyl (C=O) groups is 1. The van der Waals surface area contributed by atoms with Crippen LogP contribution in [0.2, 0.25) is 0 Å². The summed E-state index contributed by atoms with van der Waals surface area (Å²) in [6.45, 7) is 5.12. The average molecular weight is 226 g/mol. The molecule has 5 heteroatoms. The van der Waals surface area contributed by atoms with Crippen molar-refractivity contribution in [2.75, 3.05) is 0 Å². The minimum absolute atomic E-state index is 0.178. The zero-order valence-corrected chi connectivity index (χ0v) is 9.86. The normalized spacial score (nSPS) is 16.8. The van der Waals surface area contributed by atoms with Crippen LogP contribution in [0.25, 0.3) is 0 Å². The van der Waals surface area contributed by atoms with E-state index >= 15 is 0 Å². The molecule has 1 aromatic rings. The molecular formula is C11H18N2O3. The lowest BCUT2D eigenvalue weighted by molar-refractivity contribution is -0.127. The van der Waals surface area contributed by atoms with Crippen LogP contribution < -0.4 is 5.73 Å². The highest BCUT2D eigenvalue weighted by molar-refractivity contribution is 5.88. The SMILES string of the molecule is CCCC(=O)[C@@](C)(N)[C@@H](O)c1cc(C)on1. The van der Waals surface area contributed by atoms with Gasteiger partial charge in [-0.1, -0.05) is 12.1 Å². The standard InChI is InChI=1S/C11H18N2O3/c1-4-5-9(14)11(3,12)10(15)8-6-7(2)16-13-8/h6,10,15H,4-5,12H2,1-3H3/t10-,11+/m0/s1. The Morgan fingerprint density at radius 2 is 2.38 bits per heavy atom. The van der Waals surface area contributed by atoms with Crippen molar-refractivity contribution in [1.82, 2.24) is 5.16 Å². The molecule has 16 heavy (non-hydrogen) atoms. The highest BCUT2D eigenvalue weighted by atomic mass is 16.5. The summed E-state index contributed by atoms with van der Waals surface area (Å²) in [4.78, 5) is 11.7. The number of hydrogen-bond acceptors (Lipinski definition) is 5. The number of nitrogens with two attached hydrogens (primary N) is 1. The Bertz CT molecular complexity index is 371. The number of hydrogen-bond donors (Lipinski definition) is 2. The molecule has 0 aliphatic rings. The van der Waals surface area contributed by atoms with Gasteiger partial charge in [0.05, 0.1) is 0 Å². The predicted octanol–water partition coefficient (Wildman–Crippen LogP) is 1.10. The van der Waals surface area contributed by atoms with Crippen LogP contribution in [-0.4, -0.2) is 21.6 Å². The van der Waals surface area contributed by atoms with Crippen LogP contribution in [0.5, 0.6) is 0 Å². The number of ketones is 1. The van der Waals surface area contributed by atoms with E-state index in [1.807, 2.05) is 6.92 Å². The number of aromatic nitrogens is 1. The van der Waals surface area contributed by atoms with Gasteiger partial charge in [0.1, 0.15) is 23.1 Å². The maximum Gasteiger partial charge on any atom is 0.155 e. The Balaban J connectivity index is 2.87. The summed E-state index contributed by atoms with van der Waals surface area (Å²) in [5.41, 5.74) is 4.83. The minimum Gasteiger partial charge on any atom is -0.384 e. The van der Waals surface area contributed by atoms with Gasteiger partial charge in [-0.15, -0.1) is 0 Å². The van der Waals surface area contributed by atoms with Gasteiger partial charge in [-0.05, 0) is 20.3 Å². The fourth-order valence-electron chi connectivity index (χ4n) is 1.47. The van der Waals surface area contributed by atoms with Gasteiger partial charge in [-0.2, -0.15) is 0 Å². The third kappa shape index (κ3) is 2.48. The molecule has 0 aliphatic carbocycles. The van der Waals surface area contributed by atoms with Gasteiger partial charge in [0.15, 0.2) is 5.78 Å². The molecule has 0 fully saturated rings. The van der Waals surface area contributed by atoms with Crippen molar-refractivity contribution in [3.8, 4) is 0 Å². The highest BCUT2D eigenvalue weighted by Gasteiger charge is 2.38. The monoisotopic (exact) mass is 226 g/mol. The fraction of sp³-hybridized carbons (Fsp3) is 0.636. The first-order valence-electron chi connectivity index (χ1n) is 5.33. The van der Waals surface area contributed by atoms with Crippen molar-refractivity contribution in [2.45, 2.75) is 45.3 Å². The Morgan fingerprint density at radius 3 is 2.81 bits per heavy atom. The van der Waals surface area contributed by atoms with Gasteiger partial charge in [0.2, 0.25) is 0 Å². The topological polar surface area (TPSA) is 89.4 Å². The van der Waals surface area contributed by atoms with E-state index in [0.717, 1.165) is 0 Å². The predicted molar refractivity (Wildman–Crippen MR) is 58.7 cm³/mol. The van der Waals surface area contributed by atoms with Gasteiger partial charge in [0, 0.05) is 12.5 Å². The molecule has 0 bridgehead atoms. The smallest absolute Gasteiger partial charge is 0.155 e. The van der Waals surface area contributed by atoms with E-state index < -0.39 is 11.6 Å². The Morgan fingerprint density at radius 1 is 1.75 bits per heavy atom. The summed E-state index contributed by atoms with van der Waals surface area (Å²) < 4.78 is 4.84. The molecule has 5 nitrogen and oxygen atoms in total. The summed E-state index contributed by atoms with van der Waals surface area (Å²) in [7, 11) is 0. The Kier molecular flexibility index (Phi) is 3.83. The molecule has 0 aliphatic heterocycles. The molecule has 0 radical (unpaired) electrons. The van der Waals surface area contributed by atoms with E-state index in [2.05, 4.69) is 5.16 Å². The first-order chi connectivity index (χ1) is 7.39. The molecule has 0 aromatic carbocycles. The number of rotatable bonds is 5. The van der Waals surface area contributed by atoms with Gasteiger partial charge in [-0.3, -0.25) is 4.79 Å². The molecule has 0 unspecified atom stereocenters. The fourth-order valence-corrected chi connectivity index (χ4v) is 1.47. The van der Waals surface area contributed by atoms with Crippen molar-refractivity contribution in [1.29, 1.82) is 0 Å². The summed E-state index contributed by atoms with van der Waals surface area (Å²) in [6, 6.07) is 1.58. The minimum atomic E-state index is -1.32. The van der Waals surface area contributed by atoms with Crippen molar-refractivity contribution in [3.63, 3.8) is 0 Å². The summed E-state index contributed by atoms with van der Waals surface area (Å²) in [6.07, 6.45) is -0.0825. The van der Waals surface area contributed by atoms with E-state index in [-0.39, 0.29) is 5.78 Å². The first-order valence-corrected chi connectivity index (χ1v) is 5.33. The van der Waals surface area contributed by atoms with Crippen LogP contribution in [0.1, 0.15) is 44.2 Å². The lowest BCUT2D eigenvalue weighted by Crippen LogP contribution is -2.50. The molecule has 90 valence electrons. The van der Waals surface area contributed by atoms with Gasteiger partial charge in [0.25, 0.3) is 0 Å². The van der Waals surface area contributed by atoms with E-state index in [1.54, 1.807) is 13.0 Å². The van der Waals surface area contributed by atoms with E-state index in [0.29, 0.717) is 24.3 Å². The van der Waals surface area contributed by atoms with Crippen LogP contribution in [-0.2, 0) is 4.79 Å². The zero-order valence-electron chi connectivity index (χ0n) is 9.86. The molecule has 0 amide bonds. The van der Waals surface area contributed by atoms with Crippen molar-refractivity contribution in [3.05, 3.63) is 17.5 Å². The second-order valence-corrected chi connectivity index (χ2v) is 4.22. The number of carbonyl (C=O) groups excluding carboxylic acids is 1. The Hall–Kier alpha value is -1.20. The van der Waals surface area contributed by atoms with Gasteiger partial charge in [-0.25, -0.2) is 0 Å². The van der Waals surface area contributed by atoms with E-state index in [9.17, 15) is 9.90 Å². The number of Topliss-reactive ketones (excluding diaryl/α,β-unsaturated/α-hetero) is 1. The summed E-state index contributed by atoms with van der Waals surface area (Å²) in [5, 5.41) is 13.7. The van der Waals surface area contributed by atoms with Crippen molar-refractivity contribution in [2.24, 2.45) is 5.73 Å². The molecule has 2 atom stereocenters. The highest BCUT2D eigenvalue weighted by Crippen LogP contribution is 2.25. The van der Waals surface area contributed by atoms with Crippen LogP contribution >= 0.6 is 0 Å². The van der Waals surface area contributed by atoms with Crippen LogP contribution in [0.4, 0.5) is 0 Å². The van der Waals surface area contributed by atoms with Crippen LogP contribution in [0.3, 0.4) is 0 Å². The summed E-state index contributed by atoms with van der Waals surface area (Å²) >= 11 is 0. The lowest BCUT2D eigenvalue weighted by atomic mass is 9.87. The largest absolute Gasteiger partial charge is 0.384 e. The molecular weight excluding hydrogens is 208 g/mol. The van der Waals surface area contributed by atoms with Gasteiger partial charge >= 0.3 is 0 Å². The van der Waals surface area contributed by atoms with E-state index in [4.69, 9.17) is 10.3 Å². The Labute approximate surface area is 94.6 Å². The molecule has 1 aromatic heterocycles. The van der Waals surface area contributed by atoms with Crippen LogP contribution in [0.15, 0.2) is 10.6 Å². The molecule has 3 N–H and O–H groups in total. The average Bonchev–Trinajstić information content (AvgIpc) is 2.64.